The van der Waals surface area contributed by atoms with Crippen molar-refractivity contribution in [2.75, 3.05) is 0 Å². The molecular weight excluding hydrogens is 276 g/mol. The van der Waals surface area contributed by atoms with Crippen molar-refractivity contribution in [3.63, 3.8) is 0 Å². The molecule has 3 N–H and O–H groups in total. The van der Waals surface area contributed by atoms with Crippen LogP contribution in [0.15, 0.2) is 15.4 Å². The van der Waals surface area contributed by atoms with Crippen LogP contribution >= 0.6 is 0 Å². The third-order valence-corrected chi connectivity index (χ3v) is 4.96. The summed E-state index contributed by atoms with van der Waals surface area (Å²) in [5, 5.41) is 0. The van der Waals surface area contributed by atoms with Crippen LogP contribution in [0, 0.1) is 6.92 Å². The largest absolute Gasteiger partial charge is 0.464 e. The number of rotatable bonds is 9. The van der Waals surface area contributed by atoms with Gasteiger partial charge in [0.15, 0.2) is 0 Å². The standard InChI is InChI=1S/C14H26N2O3S/c1-4-5-6-7-8-11(2)16-20(17,18)14-9-13(10-15)19-12(14)3/h9,11,16H,4-8,10,15H2,1-3H3. The summed E-state index contributed by atoms with van der Waals surface area (Å²) in [4.78, 5) is 0.193. The van der Waals surface area contributed by atoms with Crippen molar-refractivity contribution < 1.29 is 12.8 Å². The second kappa shape index (κ2) is 7.81. The molecule has 6 heteroatoms. The molecule has 1 aromatic heterocycles. The van der Waals surface area contributed by atoms with Gasteiger partial charge in [0.25, 0.3) is 0 Å². The van der Waals surface area contributed by atoms with E-state index in [0.29, 0.717) is 11.5 Å². The first kappa shape index (κ1) is 17.2. The number of unbranched alkanes of at least 4 members (excludes halogenated alkanes) is 3. The highest BCUT2D eigenvalue weighted by Crippen LogP contribution is 2.20. The van der Waals surface area contributed by atoms with Crippen molar-refractivity contribution in [1.82, 2.24) is 4.72 Å². The molecule has 0 amide bonds. The Morgan fingerprint density at radius 2 is 2.05 bits per heavy atom. The molecule has 0 bridgehead atoms. The highest BCUT2D eigenvalue weighted by Gasteiger charge is 2.22. The Labute approximate surface area is 122 Å². The smallest absolute Gasteiger partial charge is 0.244 e. The van der Waals surface area contributed by atoms with Gasteiger partial charge < -0.3 is 10.2 Å². The van der Waals surface area contributed by atoms with Crippen molar-refractivity contribution >= 4 is 10.0 Å². The van der Waals surface area contributed by atoms with Gasteiger partial charge in [-0.2, -0.15) is 0 Å². The second-order valence-electron chi connectivity index (χ2n) is 5.21. The van der Waals surface area contributed by atoms with Gasteiger partial charge in [0.05, 0.1) is 6.54 Å². The maximum Gasteiger partial charge on any atom is 0.244 e. The number of nitrogens with one attached hydrogen (secondary N) is 1. The number of hydrogen-bond acceptors (Lipinski definition) is 4. The highest BCUT2D eigenvalue weighted by molar-refractivity contribution is 7.89. The van der Waals surface area contributed by atoms with E-state index in [1.807, 2.05) is 6.92 Å². The molecular formula is C14H26N2O3S. The van der Waals surface area contributed by atoms with Gasteiger partial charge >= 0.3 is 0 Å². The van der Waals surface area contributed by atoms with Crippen LogP contribution in [-0.4, -0.2) is 14.5 Å². The van der Waals surface area contributed by atoms with E-state index in [2.05, 4.69) is 11.6 Å². The zero-order chi connectivity index (χ0) is 15.2. The van der Waals surface area contributed by atoms with Gasteiger partial charge in [-0.3, -0.25) is 0 Å². The molecule has 1 atom stereocenters. The summed E-state index contributed by atoms with van der Waals surface area (Å²) in [6.07, 6.45) is 5.40. The van der Waals surface area contributed by atoms with E-state index in [-0.39, 0.29) is 17.5 Å². The fourth-order valence-corrected chi connectivity index (χ4v) is 3.64. The zero-order valence-electron chi connectivity index (χ0n) is 12.6. The summed E-state index contributed by atoms with van der Waals surface area (Å²) in [5.74, 6) is 0.870. The maximum atomic E-state index is 12.3. The number of nitrogens with two attached hydrogens (primary N) is 1. The normalized spacial score (nSPS) is 13.6. The molecule has 0 saturated carbocycles. The Morgan fingerprint density at radius 3 is 2.60 bits per heavy atom. The van der Waals surface area contributed by atoms with Gasteiger partial charge in [-0.25, -0.2) is 13.1 Å². The Morgan fingerprint density at radius 1 is 1.35 bits per heavy atom. The van der Waals surface area contributed by atoms with Crippen LogP contribution in [0.4, 0.5) is 0 Å². The topological polar surface area (TPSA) is 85.3 Å². The molecule has 1 unspecified atom stereocenters. The summed E-state index contributed by atoms with van der Waals surface area (Å²) < 4.78 is 32.5. The lowest BCUT2D eigenvalue weighted by Gasteiger charge is -2.13. The molecule has 1 heterocycles. The first-order chi connectivity index (χ1) is 9.40. The Kier molecular flexibility index (Phi) is 6.71. The first-order valence-electron chi connectivity index (χ1n) is 7.22. The van der Waals surface area contributed by atoms with E-state index in [1.165, 1.54) is 18.9 Å². The maximum absolute atomic E-state index is 12.3. The molecule has 0 aliphatic rings. The Hall–Kier alpha value is -0.850. The fraction of sp³-hybridized carbons (Fsp3) is 0.714. The van der Waals surface area contributed by atoms with Crippen molar-refractivity contribution in [1.29, 1.82) is 0 Å². The Balaban J connectivity index is 2.62. The monoisotopic (exact) mass is 302 g/mol. The predicted octanol–water partition coefficient (Wildman–Crippen LogP) is 2.68. The van der Waals surface area contributed by atoms with E-state index in [9.17, 15) is 8.42 Å². The van der Waals surface area contributed by atoms with Crippen LogP contribution in [0.3, 0.4) is 0 Å². The van der Waals surface area contributed by atoms with E-state index in [1.54, 1.807) is 6.92 Å². The first-order valence-corrected chi connectivity index (χ1v) is 8.70. The SMILES string of the molecule is CCCCCCC(C)NS(=O)(=O)c1cc(CN)oc1C. The van der Waals surface area contributed by atoms with Crippen molar-refractivity contribution in [2.45, 2.75) is 70.4 Å². The third kappa shape index (κ3) is 4.92. The molecule has 0 radical (unpaired) electrons. The highest BCUT2D eigenvalue weighted by atomic mass is 32.2. The van der Waals surface area contributed by atoms with Crippen LogP contribution in [0.25, 0.3) is 0 Å². The predicted molar refractivity (Wildman–Crippen MR) is 79.9 cm³/mol. The molecule has 0 aliphatic heterocycles. The van der Waals surface area contributed by atoms with E-state index in [4.69, 9.17) is 10.2 Å². The summed E-state index contributed by atoms with van der Waals surface area (Å²) in [7, 11) is -3.52. The lowest BCUT2D eigenvalue weighted by Crippen LogP contribution is -2.32. The number of sulfonamides is 1. The quantitative estimate of drug-likeness (QED) is 0.687. The van der Waals surface area contributed by atoms with Crippen LogP contribution < -0.4 is 10.5 Å². The fourth-order valence-electron chi connectivity index (χ4n) is 2.16. The molecule has 20 heavy (non-hydrogen) atoms. The van der Waals surface area contributed by atoms with Gasteiger partial charge in [-0.15, -0.1) is 0 Å². The molecule has 1 rings (SSSR count). The minimum Gasteiger partial charge on any atom is -0.464 e. The summed E-state index contributed by atoms with van der Waals surface area (Å²) >= 11 is 0. The van der Waals surface area contributed by atoms with E-state index in [0.717, 1.165) is 19.3 Å². The van der Waals surface area contributed by atoms with E-state index >= 15 is 0 Å². The summed E-state index contributed by atoms with van der Waals surface area (Å²) in [6.45, 7) is 5.88. The molecule has 0 fully saturated rings. The molecule has 5 nitrogen and oxygen atoms in total. The minimum absolute atomic E-state index is 0.0764. The molecule has 1 aromatic rings. The van der Waals surface area contributed by atoms with Crippen LogP contribution in [0.5, 0.6) is 0 Å². The number of aryl methyl sites for hydroxylation is 1. The average Bonchev–Trinajstić information content (AvgIpc) is 2.76. The summed E-state index contributed by atoms with van der Waals surface area (Å²) in [5.41, 5.74) is 5.46. The third-order valence-electron chi connectivity index (χ3n) is 3.26. The molecule has 0 aromatic carbocycles. The van der Waals surface area contributed by atoms with Gasteiger partial charge in [0.1, 0.15) is 16.4 Å². The molecule has 0 spiro atoms. The van der Waals surface area contributed by atoms with Gasteiger partial charge in [0, 0.05) is 12.1 Å². The van der Waals surface area contributed by atoms with Crippen LogP contribution in [0.1, 0.15) is 57.5 Å². The van der Waals surface area contributed by atoms with Gasteiger partial charge in [0.2, 0.25) is 10.0 Å². The molecule has 0 aliphatic carbocycles. The lowest BCUT2D eigenvalue weighted by molar-refractivity contribution is 0.477. The summed E-state index contributed by atoms with van der Waals surface area (Å²) in [6, 6.07) is 1.43. The molecule has 0 saturated heterocycles. The van der Waals surface area contributed by atoms with Crippen molar-refractivity contribution in [3.05, 3.63) is 17.6 Å². The van der Waals surface area contributed by atoms with E-state index < -0.39 is 10.0 Å². The van der Waals surface area contributed by atoms with Gasteiger partial charge in [-0.05, 0) is 20.3 Å². The number of furan rings is 1. The minimum atomic E-state index is -3.52. The molecule has 116 valence electrons. The lowest BCUT2D eigenvalue weighted by atomic mass is 10.1. The van der Waals surface area contributed by atoms with Crippen LogP contribution in [0.2, 0.25) is 0 Å². The average molecular weight is 302 g/mol. The zero-order valence-corrected chi connectivity index (χ0v) is 13.4. The van der Waals surface area contributed by atoms with Crippen molar-refractivity contribution in [3.8, 4) is 0 Å². The van der Waals surface area contributed by atoms with Crippen molar-refractivity contribution in [2.24, 2.45) is 5.73 Å². The van der Waals surface area contributed by atoms with Gasteiger partial charge in [-0.1, -0.05) is 32.6 Å². The number of hydrogen-bond donors (Lipinski definition) is 2. The second-order valence-corrected chi connectivity index (χ2v) is 6.89. The Bertz CT molecular complexity index is 508. The van der Waals surface area contributed by atoms with Crippen LogP contribution in [-0.2, 0) is 16.6 Å².